The van der Waals surface area contributed by atoms with E-state index in [9.17, 15) is 4.79 Å². The van der Waals surface area contributed by atoms with Crippen molar-refractivity contribution in [2.75, 3.05) is 7.11 Å². The fraction of sp³-hybridized carbons (Fsp3) is 0.533. The van der Waals surface area contributed by atoms with Gasteiger partial charge < -0.3 is 10.1 Å². The van der Waals surface area contributed by atoms with Gasteiger partial charge in [-0.15, -0.1) is 0 Å². The van der Waals surface area contributed by atoms with E-state index >= 15 is 0 Å². The van der Waals surface area contributed by atoms with Crippen LogP contribution in [0, 0.1) is 17.8 Å². The maximum atomic E-state index is 12.0. The Bertz CT molecular complexity index is 448. The van der Waals surface area contributed by atoms with Gasteiger partial charge in [0.05, 0.1) is 7.11 Å². The number of para-hydroxylation sites is 1. The zero-order valence-electron chi connectivity index (χ0n) is 10.7. The fourth-order valence-electron chi connectivity index (χ4n) is 3.36. The lowest BCUT2D eigenvalue weighted by atomic mass is 10.1. The first kappa shape index (κ1) is 11.6. The standard InChI is InChI=1S/C15H19NO2/c1-18-13-8-3-2-5-10(13)9-16-15(17)14-11-6-4-7-12(11)14/h2-3,5,8,11-12,14H,4,6-7,9H2,1H3,(H,16,17)/t11-,12+,14?. The van der Waals surface area contributed by atoms with E-state index in [0.717, 1.165) is 11.3 Å². The molecule has 3 heteroatoms. The second kappa shape index (κ2) is 4.63. The van der Waals surface area contributed by atoms with Crippen LogP contribution in [0.2, 0.25) is 0 Å². The molecule has 3 rings (SSSR count). The third-order valence-electron chi connectivity index (χ3n) is 4.35. The van der Waals surface area contributed by atoms with Crippen molar-refractivity contribution in [2.45, 2.75) is 25.8 Å². The normalized spacial score (nSPS) is 28.6. The molecular formula is C15H19NO2. The van der Waals surface area contributed by atoms with Crippen LogP contribution in [-0.2, 0) is 11.3 Å². The molecule has 0 aromatic heterocycles. The number of methoxy groups -OCH3 is 1. The van der Waals surface area contributed by atoms with Gasteiger partial charge in [0, 0.05) is 18.0 Å². The molecule has 2 aliphatic carbocycles. The van der Waals surface area contributed by atoms with E-state index in [1.54, 1.807) is 7.11 Å². The zero-order valence-corrected chi connectivity index (χ0v) is 10.7. The van der Waals surface area contributed by atoms with Crippen molar-refractivity contribution in [1.29, 1.82) is 0 Å². The first-order chi connectivity index (χ1) is 8.81. The second-order valence-electron chi connectivity index (χ2n) is 5.31. The number of hydrogen-bond acceptors (Lipinski definition) is 2. The number of carbonyl (C=O) groups is 1. The van der Waals surface area contributed by atoms with Gasteiger partial charge >= 0.3 is 0 Å². The lowest BCUT2D eigenvalue weighted by Crippen LogP contribution is -2.26. The summed E-state index contributed by atoms with van der Waals surface area (Å²) in [5.41, 5.74) is 1.04. The quantitative estimate of drug-likeness (QED) is 0.884. The van der Waals surface area contributed by atoms with Crippen molar-refractivity contribution < 1.29 is 9.53 Å². The molecule has 1 aromatic rings. The van der Waals surface area contributed by atoms with Crippen LogP contribution in [-0.4, -0.2) is 13.0 Å². The lowest BCUT2D eigenvalue weighted by Gasteiger charge is -2.10. The topological polar surface area (TPSA) is 38.3 Å². The average molecular weight is 245 g/mol. The summed E-state index contributed by atoms with van der Waals surface area (Å²) in [4.78, 5) is 12.0. The van der Waals surface area contributed by atoms with E-state index in [0.29, 0.717) is 24.3 Å². The Balaban J connectivity index is 1.56. The Morgan fingerprint density at radius 3 is 2.78 bits per heavy atom. The molecule has 1 amide bonds. The van der Waals surface area contributed by atoms with Gasteiger partial charge in [-0.05, 0) is 30.7 Å². The Labute approximate surface area is 108 Å². The molecule has 0 heterocycles. The largest absolute Gasteiger partial charge is 0.496 e. The summed E-state index contributed by atoms with van der Waals surface area (Å²) in [7, 11) is 1.66. The molecule has 1 N–H and O–H groups in total. The van der Waals surface area contributed by atoms with E-state index in [4.69, 9.17) is 4.74 Å². The highest BCUT2D eigenvalue weighted by molar-refractivity contribution is 5.82. The fourth-order valence-corrected chi connectivity index (χ4v) is 3.36. The number of ether oxygens (including phenoxy) is 1. The van der Waals surface area contributed by atoms with Crippen molar-refractivity contribution in [3.63, 3.8) is 0 Å². The van der Waals surface area contributed by atoms with Crippen molar-refractivity contribution in [2.24, 2.45) is 17.8 Å². The van der Waals surface area contributed by atoms with E-state index in [1.165, 1.54) is 19.3 Å². The third-order valence-corrected chi connectivity index (χ3v) is 4.35. The molecule has 1 aromatic carbocycles. The zero-order chi connectivity index (χ0) is 12.5. The molecule has 0 spiro atoms. The Hall–Kier alpha value is -1.51. The number of carbonyl (C=O) groups excluding carboxylic acids is 1. The molecule has 2 aliphatic rings. The first-order valence-corrected chi connectivity index (χ1v) is 6.71. The molecule has 18 heavy (non-hydrogen) atoms. The maximum absolute atomic E-state index is 12.0. The first-order valence-electron chi connectivity index (χ1n) is 6.71. The lowest BCUT2D eigenvalue weighted by molar-refractivity contribution is -0.123. The average Bonchev–Trinajstić information content (AvgIpc) is 2.89. The summed E-state index contributed by atoms with van der Waals surface area (Å²) < 4.78 is 5.28. The van der Waals surface area contributed by atoms with Crippen molar-refractivity contribution in [3.05, 3.63) is 29.8 Å². The van der Waals surface area contributed by atoms with Crippen LogP contribution in [0.15, 0.2) is 24.3 Å². The van der Waals surface area contributed by atoms with Crippen LogP contribution in [0.3, 0.4) is 0 Å². The van der Waals surface area contributed by atoms with Gasteiger partial charge in [0.1, 0.15) is 5.75 Å². The molecule has 3 atom stereocenters. The van der Waals surface area contributed by atoms with E-state index in [1.807, 2.05) is 24.3 Å². The minimum atomic E-state index is 0.232. The number of nitrogens with one attached hydrogen (secondary N) is 1. The number of amides is 1. The highest BCUT2D eigenvalue weighted by atomic mass is 16.5. The van der Waals surface area contributed by atoms with Crippen LogP contribution in [0.25, 0.3) is 0 Å². The van der Waals surface area contributed by atoms with Gasteiger partial charge in [0.15, 0.2) is 0 Å². The van der Waals surface area contributed by atoms with Crippen LogP contribution >= 0.6 is 0 Å². The monoisotopic (exact) mass is 245 g/mol. The molecule has 0 saturated heterocycles. The minimum Gasteiger partial charge on any atom is -0.496 e. The molecule has 2 saturated carbocycles. The molecule has 0 radical (unpaired) electrons. The molecule has 0 aliphatic heterocycles. The van der Waals surface area contributed by atoms with Crippen molar-refractivity contribution in [3.8, 4) is 5.75 Å². The van der Waals surface area contributed by atoms with Gasteiger partial charge in [-0.25, -0.2) is 0 Å². The summed E-state index contributed by atoms with van der Waals surface area (Å²) in [5, 5.41) is 3.05. The predicted octanol–water partition coefficient (Wildman–Crippen LogP) is 2.36. The molecular weight excluding hydrogens is 226 g/mol. The van der Waals surface area contributed by atoms with Gasteiger partial charge in [0.25, 0.3) is 0 Å². The van der Waals surface area contributed by atoms with Crippen molar-refractivity contribution >= 4 is 5.91 Å². The van der Waals surface area contributed by atoms with Crippen molar-refractivity contribution in [1.82, 2.24) is 5.32 Å². The van der Waals surface area contributed by atoms with Crippen LogP contribution in [0.1, 0.15) is 24.8 Å². The van der Waals surface area contributed by atoms with E-state index in [2.05, 4.69) is 5.32 Å². The van der Waals surface area contributed by atoms with Crippen LogP contribution in [0.5, 0.6) is 5.75 Å². The van der Waals surface area contributed by atoms with E-state index < -0.39 is 0 Å². The second-order valence-corrected chi connectivity index (χ2v) is 5.31. The predicted molar refractivity (Wildman–Crippen MR) is 69.2 cm³/mol. The molecule has 3 nitrogen and oxygen atoms in total. The van der Waals surface area contributed by atoms with Gasteiger partial charge in [-0.3, -0.25) is 4.79 Å². The Morgan fingerprint density at radius 2 is 2.06 bits per heavy atom. The minimum absolute atomic E-state index is 0.232. The van der Waals surface area contributed by atoms with Gasteiger partial charge in [0.2, 0.25) is 5.91 Å². The molecule has 96 valence electrons. The smallest absolute Gasteiger partial charge is 0.223 e. The van der Waals surface area contributed by atoms with Gasteiger partial charge in [-0.2, -0.15) is 0 Å². The summed E-state index contributed by atoms with van der Waals surface area (Å²) in [6, 6.07) is 7.82. The van der Waals surface area contributed by atoms with Gasteiger partial charge in [-0.1, -0.05) is 24.6 Å². The van der Waals surface area contributed by atoms with Crippen LogP contribution < -0.4 is 10.1 Å². The summed E-state index contributed by atoms with van der Waals surface area (Å²) in [6.45, 7) is 0.568. The summed E-state index contributed by atoms with van der Waals surface area (Å²) >= 11 is 0. The SMILES string of the molecule is COc1ccccc1CNC(=O)C1[C@H]2CCC[C@@H]12. The highest BCUT2D eigenvalue weighted by Gasteiger charge is 2.56. The third kappa shape index (κ3) is 1.98. The van der Waals surface area contributed by atoms with Crippen LogP contribution in [0.4, 0.5) is 0 Å². The number of rotatable bonds is 4. The Kier molecular flexibility index (Phi) is 2.98. The summed E-state index contributed by atoms with van der Waals surface area (Å²) in [6.07, 6.45) is 3.81. The number of hydrogen-bond donors (Lipinski definition) is 1. The summed E-state index contributed by atoms with van der Waals surface area (Å²) in [5.74, 6) is 2.74. The molecule has 0 bridgehead atoms. The molecule has 1 unspecified atom stereocenters. The molecule has 2 fully saturated rings. The highest BCUT2D eigenvalue weighted by Crippen LogP contribution is 2.57. The Morgan fingerprint density at radius 1 is 1.33 bits per heavy atom. The number of benzene rings is 1. The number of fused-ring (bicyclic) bond motifs is 1. The maximum Gasteiger partial charge on any atom is 0.223 e. The van der Waals surface area contributed by atoms with E-state index in [-0.39, 0.29) is 5.91 Å².